The topological polar surface area (TPSA) is 6.48 Å². The largest absolute Gasteiger partial charge is 0.311 e. The fraction of sp³-hybridized carbons (Fsp3) is 0.400. The number of aryl methyl sites for hydroxylation is 2. The molecule has 2 heteroatoms. The van der Waals surface area contributed by atoms with Crippen LogP contribution in [0.4, 0.5) is 34.1 Å². The highest BCUT2D eigenvalue weighted by Crippen LogP contribution is 2.41. The van der Waals surface area contributed by atoms with Crippen LogP contribution < -0.4 is 9.80 Å². The van der Waals surface area contributed by atoms with Crippen molar-refractivity contribution in [2.45, 2.75) is 130 Å². The molecule has 5 aromatic rings. The lowest BCUT2D eigenvalue weighted by atomic mass is 9.81. The molecule has 0 fully saturated rings. The van der Waals surface area contributed by atoms with E-state index in [1.54, 1.807) is 0 Å². The molecule has 2 nitrogen and oxygen atoms in total. The van der Waals surface area contributed by atoms with Crippen LogP contribution in [0, 0.1) is 0 Å². The first-order valence-electron chi connectivity index (χ1n) is 20.2. The SMILES string of the molecule is CCCCc1ccc(N(c2ccc(N(c3ccc(CCCC)cc3)c3ccc(C(C)(C)CCC)cc3)cc2)c2ccc(C(C)(C)CCC)cc2)cc1. The van der Waals surface area contributed by atoms with E-state index in [-0.39, 0.29) is 10.8 Å². The maximum atomic E-state index is 2.40. The van der Waals surface area contributed by atoms with Crippen LogP contribution >= 0.6 is 0 Å². The first kappa shape index (κ1) is 38.9. The smallest absolute Gasteiger partial charge is 0.0463 e. The number of hydrogen-bond donors (Lipinski definition) is 0. The first-order valence-corrected chi connectivity index (χ1v) is 20.2. The monoisotopic (exact) mass is 693 g/mol. The Kier molecular flexibility index (Phi) is 13.4. The van der Waals surface area contributed by atoms with Gasteiger partial charge in [0.05, 0.1) is 0 Å². The molecule has 0 amide bonds. The summed E-state index contributed by atoms with van der Waals surface area (Å²) >= 11 is 0. The molecule has 0 atom stereocenters. The summed E-state index contributed by atoms with van der Waals surface area (Å²) in [6, 6.07) is 46.1. The standard InChI is InChI=1S/C50H64N2/c1-9-13-15-39-17-25-43(26-18-39)51(45-29-21-41(22-30-45)49(5,6)37-11-3)47-33-35-48(36-34-47)52(44-27-19-40(20-28-44)16-14-10-2)46-31-23-42(24-32-46)50(7,8)38-12-4/h17-36H,9-16,37-38H2,1-8H3. The van der Waals surface area contributed by atoms with Crippen LogP contribution in [-0.2, 0) is 23.7 Å². The van der Waals surface area contributed by atoms with E-state index in [1.807, 2.05) is 0 Å². The van der Waals surface area contributed by atoms with E-state index in [0.717, 1.165) is 24.2 Å². The van der Waals surface area contributed by atoms with Crippen LogP contribution in [0.2, 0.25) is 0 Å². The number of nitrogens with zero attached hydrogens (tertiary/aromatic N) is 2. The van der Waals surface area contributed by atoms with E-state index in [1.165, 1.54) is 96.4 Å². The van der Waals surface area contributed by atoms with Crippen LogP contribution in [0.3, 0.4) is 0 Å². The molecule has 274 valence electrons. The lowest BCUT2D eigenvalue weighted by Gasteiger charge is -2.30. The normalized spacial score (nSPS) is 11.8. The Morgan fingerprint density at radius 1 is 0.346 bits per heavy atom. The van der Waals surface area contributed by atoms with Crippen molar-refractivity contribution in [2.24, 2.45) is 0 Å². The van der Waals surface area contributed by atoms with Crippen LogP contribution in [0.15, 0.2) is 121 Å². The van der Waals surface area contributed by atoms with Crippen LogP contribution in [0.25, 0.3) is 0 Å². The van der Waals surface area contributed by atoms with Crippen LogP contribution in [0.1, 0.15) is 129 Å². The maximum Gasteiger partial charge on any atom is 0.0463 e. The number of hydrogen-bond acceptors (Lipinski definition) is 2. The van der Waals surface area contributed by atoms with Gasteiger partial charge in [-0.15, -0.1) is 0 Å². The fourth-order valence-corrected chi connectivity index (χ4v) is 7.69. The Labute approximate surface area is 316 Å². The molecule has 0 saturated carbocycles. The van der Waals surface area contributed by atoms with Gasteiger partial charge in [0.15, 0.2) is 0 Å². The third-order valence-electron chi connectivity index (χ3n) is 11.0. The second-order valence-electron chi connectivity index (χ2n) is 16.1. The third kappa shape index (κ3) is 9.57. The van der Waals surface area contributed by atoms with Crippen molar-refractivity contribution < 1.29 is 0 Å². The lowest BCUT2D eigenvalue weighted by molar-refractivity contribution is 0.473. The minimum atomic E-state index is 0.155. The highest BCUT2D eigenvalue weighted by Gasteiger charge is 2.22. The van der Waals surface area contributed by atoms with Crippen LogP contribution in [0.5, 0.6) is 0 Å². The highest BCUT2D eigenvalue weighted by molar-refractivity contribution is 5.81. The van der Waals surface area contributed by atoms with Gasteiger partial charge in [0.1, 0.15) is 0 Å². The second kappa shape index (κ2) is 18.0. The molecule has 5 rings (SSSR count). The summed E-state index contributed by atoms with van der Waals surface area (Å²) in [4.78, 5) is 4.81. The molecule has 0 aliphatic heterocycles. The van der Waals surface area contributed by atoms with Gasteiger partial charge in [0.25, 0.3) is 0 Å². The minimum absolute atomic E-state index is 0.155. The fourth-order valence-electron chi connectivity index (χ4n) is 7.69. The molecule has 0 unspecified atom stereocenters. The summed E-state index contributed by atoms with van der Waals surface area (Å²) in [5.41, 5.74) is 12.9. The zero-order valence-corrected chi connectivity index (χ0v) is 33.5. The van der Waals surface area contributed by atoms with Gasteiger partial charge in [-0.3, -0.25) is 0 Å². The zero-order valence-electron chi connectivity index (χ0n) is 33.5. The van der Waals surface area contributed by atoms with E-state index in [4.69, 9.17) is 0 Å². The summed E-state index contributed by atoms with van der Waals surface area (Å²) in [6.45, 7) is 18.5. The number of benzene rings is 5. The third-order valence-corrected chi connectivity index (χ3v) is 11.0. The molecule has 5 aromatic carbocycles. The Morgan fingerprint density at radius 3 is 0.846 bits per heavy atom. The van der Waals surface area contributed by atoms with E-state index in [9.17, 15) is 0 Å². The molecule has 0 saturated heterocycles. The van der Waals surface area contributed by atoms with Crippen molar-refractivity contribution in [2.75, 3.05) is 9.80 Å². The summed E-state index contributed by atoms with van der Waals surface area (Å²) in [5, 5.41) is 0. The van der Waals surface area contributed by atoms with Crippen molar-refractivity contribution in [1.29, 1.82) is 0 Å². The molecule has 52 heavy (non-hydrogen) atoms. The predicted octanol–water partition coefficient (Wildman–Crippen LogP) is 15.5. The van der Waals surface area contributed by atoms with Crippen molar-refractivity contribution in [3.63, 3.8) is 0 Å². The Morgan fingerprint density at radius 2 is 0.596 bits per heavy atom. The van der Waals surface area contributed by atoms with Gasteiger partial charge < -0.3 is 9.80 Å². The maximum absolute atomic E-state index is 2.40. The molecule has 0 radical (unpaired) electrons. The molecule has 0 aliphatic carbocycles. The van der Waals surface area contributed by atoms with E-state index in [2.05, 4.69) is 187 Å². The minimum Gasteiger partial charge on any atom is -0.311 e. The van der Waals surface area contributed by atoms with Gasteiger partial charge in [0, 0.05) is 34.1 Å². The molecule has 0 heterocycles. The molecule has 0 bridgehead atoms. The van der Waals surface area contributed by atoms with Crippen LogP contribution in [-0.4, -0.2) is 0 Å². The van der Waals surface area contributed by atoms with Gasteiger partial charge in [-0.25, -0.2) is 0 Å². The molecular formula is C50H64N2. The second-order valence-corrected chi connectivity index (χ2v) is 16.1. The number of anilines is 6. The zero-order chi connectivity index (χ0) is 37.1. The molecule has 0 spiro atoms. The first-order chi connectivity index (χ1) is 25.1. The summed E-state index contributed by atoms with van der Waals surface area (Å²) in [7, 11) is 0. The van der Waals surface area contributed by atoms with Gasteiger partial charge in [-0.1, -0.05) is 130 Å². The summed E-state index contributed by atoms with van der Waals surface area (Å²) in [5.74, 6) is 0. The van der Waals surface area contributed by atoms with Gasteiger partial charge >= 0.3 is 0 Å². The molecular weight excluding hydrogens is 629 g/mol. The number of rotatable bonds is 18. The Hall–Kier alpha value is -4.30. The lowest BCUT2D eigenvalue weighted by Crippen LogP contribution is -2.17. The van der Waals surface area contributed by atoms with Gasteiger partial charge in [-0.05, 0) is 144 Å². The van der Waals surface area contributed by atoms with E-state index >= 15 is 0 Å². The molecule has 0 aliphatic rings. The average Bonchev–Trinajstić information content (AvgIpc) is 3.15. The van der Waals surface area contributed by atoms with Crippen molar-refractivity contribution in [1.82, 2.24) is 0 Å². The quantitative estimate of drug-likeness (QED) is 0.0902. The summed E-state index contributed by atoms with van der Waals surface area (Å²) in [6.07, 6.45) is 11.8. The predicted molar refractivity (Wildman–Crippen MR) is 229 cm³/mol. The highest BCUT2D eigenvalue weighted by atomic mass is 15.2. The Bertz CT molecular complexity index is 1640. The molecule has 0 N–H and O–H groups in total. The van der Waals surface area contributed by atoms with Gasteiger partial charge in [-0.2, -0.15) is 0 Å². The van der Waals surface area contributed by atoms with Gasteiger partial charge in [0.2, 0.25) is 0 Å². The van der Waals surface area contributed by atoms with E-state index < -0.39 is 0 Å². The van der Waals surface area contributed by atoms with Crippen molar-refractivity contribution >= 4 is 34.1 Å². The molecule has 0 aromatic heterocycles. The Balaban J connectivity index is 1.54. The van der Waals surface area contributed by atoms with Crippen molar-refractivity contribution in [3.05, 3.63) is 144 Å². The number of unbranched alkanes of at least 4 members (excludes halogenated alkanes) is 2. The average molecular weight is 693 g/mol. The summed E-state index contributed by atoms with van der Waals surface area (Å²) < 4.78 is 0. The van der Waals surface area contributed by atoms with E-state index in [0.29, 0.717) is 0 Å². The van der Waals surface area contributed by atoms with Crippen molar-refractivity contribution in [3.8, 4) is 0 Å².